The molecule has 9 heteroatoms. The van der Waals surface area contributed by atoms with E-state index in [1.165, 1.54) is 0 Å². The van der Waals surface area contributed by atoms with Crippen LogP contribution in [0.3, 0.4) is 0 Å². The molecule has 0 bridgehead atoms. The molecule has 0 radical (unpaired) electrons. The van der Waals surface area contributed by atoms with Crippen LogP contribution in [0.4, 0.5) is 4.79 Å². The summed E-state index contributed by atoms with van der Waals surface area (Å²) in [6, 6.07) is 9.43. The van der Waals surface area contributed by atoms with Crippen LogP contribution in [-0.4, -0.2) is 48.5 Å². The zero-order valence-corrected chi connectivity index (χ0v) is 23.4. The number of rotatable bonds is 12. The molecule has 2 unspecified atom stereocenters. The fourth-order valence-corrected chi connectivity index (χ4v) is 6.12. The first-order valence-corrected chi connectivity index (χ1v) is 13.5. The van der Waals surface area contributed by atoms with E-state index in [2.05, 4.69) is 0 Å². The number of hydroxylamine groups is 2. The summed E-state index contributed by atoms with van der Waals surface area (Å²) in [5, 5.41) is 1.69. The number of carbonyl (C=O) groups is 1. The molecule has 1 aromatic rings. The van der Waals surface area contributed by atoms with E-state index < -0.39 is 36.6 Å². The Morgan fingerprint density at radius 1 is 0.971 bits per heavy atom. The molecule has 2 atom stereocenters. The van der Waals surface area contributed by atoms with E-state index in [1.807, 2.05) is 71.9 Å². The first-order valence-electron chi connectivity index (χ1n) is 11.9. The van der Waals surface area contributed by atoms with Gasteiger partial charge < -0.3 is 18.5 Å². The van der Waals surface area contributed by atoms with Crippen molar-refractivity contribution >= 4 is 13.8 Å². The number of ether oxygens (including phenoxy) is 2. The number of hydrogen-bond acceptors (Lipinski definition) is 8. The Morgan fingerprint density at radius 2 is 1.50 bits per heavy atom. The first kappa shape index (κ1) is 30.6. The van der Waals surface area contributed by atoms with Crippen molar-refractivity contribution in [3.05, 3.63) is 35.9 Å². The molecule has 1 aromatic carbocycles. The molecule has 0 aliphatic rings. The molecule has 0 amide bonds. The Kier molecular flexibility index (Phi) is 11.7. The number of nitrogens with zero attached hydrogens (tertiary/aromatic N) is 1. The Hall–Kier alpha value is -1.44. The van der Waals surface area contributed by atoms with Gasteiger partial charge in [-0.2, -0.15) is 5.06 Å². The van der Waals surface area contributed by atoms with Crippen molar-refractivity contribution in [3.8, 4) is 0 Å². The molecule has 196 valence electrons. The van der Waals surface area contributed by atoms with Crippen LogP contribution in [0.15, 0.2) is 30.3 Å². The summed E-state index contributed by atoms with van der Waals surface area (Å²) in [5.41, 5.74) is -0.358. The molecule has 0 spiro atoms. The summed E-state index contributed by atoms with van der Waals surface area (Å²) in [7, 11) is -3.64. The minimum Gasteiger partial charge on any atom is -0.432 e. The summed E-state index contributed by atoms with van der Waals surface area (Å²) in [5.74, 6) is -0.742. The topological polar surface area (TPSA) is 83.5 Å². The molecule has 0 saturated carbocycles. The lowest BCUT2D eigenvalue weighted by Gasteiger charge is -2.48. The second-order valence-corrected chi connectivity index (χ2v) is 12.4. The van der Waals surface area contributed by atoms with Gasteiger partial charge in [0.2, 0.25) is 0 Å². The molecule has 1 rings (SSSR count). The summed E-state index contributed by atoms with van der Waals surface area (Å²) in [4.78, 5) is 18.6. The molecule has 34 heavy (non-hydrogen) atoms. The molecule has 8 nitrogen and oxygen atoms in total. The number of benzene rings is 1. The number of hydrogen-bond donors (Lipinski definition) is 0. The van der Waals surface area contributed by atoms with Gasteiger partial charge in [-0.25, -0.2) is 4.79 Å². The zero-order chi connectivity index (χ0) is 26.2. The molecule has 0 aliphatic carbocycles. The van der Waals surface area contributed by atoms with Gasteiger partial charge in [0, 0.05) is 5.54 Å². The van der Waals surface area contributed by atoms with Crippen LogP contribution in [0.2, 0.25) is 0 Å². The summed E-state index contributed by atoms with van der Waals surface area (Å²) >= 11 is 0. The molecule has 0 heterocycles. The van der Waals surface area contributed by atoms with Crippen molar-refractivity contribution in [2.24, 2.45) is 5.41 Å². The summed E-state index contributed by atoms with van der Waals surface area (Å²) < 4.78 is 36.1. The maximum absolute atomic E-state index is 14.1. The van der Waals surface area contributed by atoms with Crippen molar-refractivity contribution in [1.29, 1.82) is 0 Å². The van der Waals surface area contributed by atoms with Gasteiger partial charge in [-0.15, -0.1) is 0 Å². The Bertz CT molecular complexity index is 777. The van der Waals surface area contributed by atoms with E-state index in [0.29, 0.717) is 0 Å². The van der Waals surface area contributed by atoms with Crippen LogP contribution in [0, 0.1) is 5.41 Å². The predicted octanol–water partition coefficient (Wildman–Crippen LogP) is 6.96. The molecule has 0 aromatic heterocycles. The Morgan fingerprint density at radius 3 is 1.91 bits per heavy atom. The van der Waals surface area contributed by atoms with E-state index in [1.54, 1.807) is 32.8 Å². The van der Waals surface area contributed by atoms with Crippen molar-refractivity contribution in [3.63, 3.8) is 0 Å². The van der Waals surface area contributed by atoms with Crippen LogP contribution in [0.25, 0.3) is 0 Å². The fourth-order valence-electron chi connectivity index (χ4n) is 3.44. The van der Waals surface area contributed by atoms with Gasteiger partial charge in [-0.3, -0.25) is 9.40 Å². The first-order chi connectivity index (χ1) is 15.7. The standard InChI is InChI=1S/C25H44NO7P/c1-11-30-34(28,31-12-2)22(24(5,6)7)26(25(8,9)10)33-21(20-16-14-13-15-17-20)18-29-23(27)32-19(3)4/h13-17,19,21-22H,11-12,18H2,1-10H3. The maximum Gasteiger partial charge on any atom is 0.508 e. The van der Waals surface area contributed by atoms with Gasteiger partial charge in [0.25, 0.3) is 0 Å². The van der Waals surface area contributed by atoms with E-state index in [-0.39, 0.29) is 25.9 Å². The predicted molar refractivity (Wildman–Crippen MR) is 134 cm³/mol. The van der Waals surface area contributed by atoms with Gasteiger partial charge in [0.1, 0.15) is 18.5 Å². The molecular formula is C25H44NO7P. The highest BCUT2D eigenvalue weighted by Gasteiger charge is 2.52. The van der Waals surface area contributed by atoms with Gasteiger partial charge in [-0.05, 0) is 59.4 Å². The normalized spacial score (nSPS) is 14.8. The third kappa shape index (κ3) is 9.31. The van der Waals surface area contributed by atoms with Crippen molar-refractivity contribution in [2.45, 2.75) is 92.8 Å². The average molecular weight is 502 g/mol. The van der Waals surface area contributed by atoms with Crippen LogP contribution in [0.1, 0.15) is 80.9 Å². The average Bonchev–Trinajstić information content (AvgIpc) is 2.68. The lowest BCUT2D eigenvalue weighted by Crippen LogP contribution is -2.54. The van der Waals surface area contributed by atoms with Crippen LogP contribution < -0.4 is 0 Å². The minimum absolute atomic E-state index is 0.0907. The smallest absolute Gasteiger partial charge is 0.432 e. The fraction of sp³-hybridized carbons (Fsp3) is 0.720. The lowest BCUT2D eigenvalue weighted by atomic mass is 9.94. The molecular weight excluding hydrogens is 457 g/mol. The van der Waals surface area contributed by atoms with Crippen LogP contribution in [0.5, 0.6) is 0 Å². The van der Waals surface area contributed by atoms with E-state index in [4.69, 9.17) is 23.4 Å². The van der Waals surface area contributed by atoms with E-state index in [9.17, 15) is 9.36 Å². The second kappa shape index (κ2) is 13.0. The van der Waals surface area contributed by atoms with Gasteiger partial charge in [0.15, 0.2) is 0 Å². The molecule has 0 aliphatic heterocycles. The second-order valence-electron chi connectivity index (χ2n) is 10.3. The van der Waals surface area contributed by atoms with E-state index in [0.717, 1.165) is 5.56 Å². The highest BCUT2D eigenvalue weighted by atomic mass is 31.2. The minimum atomic E-state index is -3.64. The zero-order valence-electron chi connectivity index (χ0n) is 22.5. The van der Waals surface area contributed by atoms with Crippen molar-refractivity contribution in [2.75, 3.05) is 19.8 Å². The molecule has 0 saturated heterocycles. The van der Waals surface area contributed by atoms with Crippen molar-refractivity contribution in [1.82, 2.24) is 5.06 Å². The van der Waals surface area contributed by atoms with Gasteiger partial charge in [-0.1, -0.05) is 51.1 Å². The third-order valence-corrected chi connectivity index (χ3v) is 7.49. The monoisotopic (exact) mass is 501 g/mol. The largest absolute Gasteiger partial charge is 0.508 e. The molecule has 0 N–H and O–H groups in total. The van der Waals surface area contributed by atoms with E-state index >= 15 is 0 Å². The Balaban J connectivity index is 3.47. The summed E-state index contributed by atoms with van der Waals surface area (Å²) in [6.07, 6.45) is -1.76. The summed E-state index contributed by atoms with van der Waals surface area (Å²) in [6.45, 7) is 19.2. The third-order valence-electron chi connectivity index (χ3n) is 4.67. The van der Waals surface area contributed by atoms with Gasteiger partial charge in [0.05, 0.1) is 19.3 Å². The highest BCUT2D eigenvalue weighted by Crippen LogP contribution is 2.61. The van der Waals surface area contributed by atoms with Crippen LogP contribution in [-0.2, 0) is 27.9 Å². The lowest BCUT2D eigenvalue weighted by molar-refractivity contribution is -0.274. The quantitative estimate of drug-likeness (QED) is 0.173. The Labute approximate surface area is 205 Å². The maximum atomic E-state index is 14.1. The highest BCUT2D eigenvalue weighted by molar-refractivity contribution is 7.54. The van der Waals surface area contributed by atoms with Crippen molar-refractivity contribution < 1.29 is 32.7 Å². The van der Waals surface area contributed by atoms with Gasteiger partial charge >= 0.3 is 13.8 Å². The van der Waals surface area contributed by atoms with Crippen LogP contribution >= 0.6 is 7.60 Å². The molecule has 0 fully saturated rings. The SMILES string of the molecule is CCOP(=O)(OCC)C(N(OC(COC(=O)OC(C)C)c1ccccc1)C(C)(C)C)C(C)(C)C. The number of carbonyl (C=O) groups excluding carboxylic acids is 1.